The Morgan fingerprint density at radius 1 is 1.24 bits per heavy atom. The molecule has 1 fully saturated rings. The molecule has 1 aliphatic rings. The molecule has 1 aromatic carbocycles. The molecule has 0 spiro atoms. The first-order chi connectivity index (χ1) is 10.1. The van der Waals surface area contributed by atoms with Gasteiger partial charge in [0.15, 0.2) is 0 Å². The molecule has 0 amide bonds. The molecular weight excluding hydrogens is 266 g/mol. The Morgan fingerprint density at radius 3 is 2.33 bits per heavy atom. The van der Waals surface area contributed by atoms with Gasteiger partial charge in [-0.2, -0.15) is 0 Å². The molecule has 0 aromatic heterocycles. The van der Waals surface area contributed by atoms with Gasteiger partial charge in [-0.25, -0.2) is 0 Å². The summed E-state index contributed by atoms with van der Waals surface area (Å²) in [5, 5.41) is 12.9. The van der Waals surface area contributed by atoms with Gasteiger partial charge in [-0.05, 0) is 48.9 Å². The molecule has 2 rings (SSSR count). The lowest BCUT2D eigenvalue weighted by atomic mass is 9.88. The number of ether oxygens (including phenoxy) is 2. The molecule has 21 heavy (non-hydrogen) atoms. The van der Waals surface area contributed by atoms with Crippen molar-refractivity contribution in [3.63, 3.8) is 0 Å². The van der Waals surface area contributed by atoms with Gasteiger partial charge in [0, 0.05) is 18.2 Å². The maximum absolute atomic E-state index is 9.40. The lowest BCUT2D eigenvalue weighted by molar-refractivity contribution is 0.176. The average Bonchev–Trinajstić information content (AvgIpc) is 2.53. The fourth-order valence-electron chi connectivity index (χ4n) is 3.15. The minimum atomic E-state index is 0.250. The highest BCUT2D eigenvalue weighted by Crippen LogP contribution is 2.39. The third kappa shape index (κ3) is 3.50. The number of aliphatic hydroxyl groups is 1. The van der Waals surface area contributed by atoms with Crippen molar-refractivity contribution in [3.05, 3.63) is 23.3 Å². The van der Waals surface area contributed by atoms with Crippen LogP contribution in [-0.2, 0) is 0 Å². The van der Waals surface area contributed by atoms with E-state index < -0.39 is 0 Å². The summed E-state index contributed by atoms with van der Waals surface area (Å²) in [6, 6.07) is 4.46. The molecule has 4 nitrogen and oxygen atoms in total. The van der Waals surface area contributed by atoms with Gasteiger partial charge < -0.3 is 19.9 Å². The maximum atomic E-state index is 9.40. The lowest BCUT2D eigenvalue weighted by Crippen LogP contribution is -2.33. The monoisotopic (exact) mass is 293 g/mol. The summed E-state index contributed by atoms with van der Waals surface area (Å²) >= 11 is 0. The summed E-state index contributed by atoms with van der Waals surface area (Å²) in [6.07, 6.45) is 1.98. The summed E-state index contributed by atoms with van der Waals surface area (Å²) in [5.41, 5.74) is 2.28. The van der Waals surface area contributed by atoms with Gasteiger partial charge in [-0.15, -0.1) is 0 Å². The lowest BCUT2D eigenvalue weighted by Gasteiger charge is -2.30. The number of hydrogen-bond donors (Lipinski definition) is 2. The van der Waals surface area contributed by atoms with Crippen LogP contribution in [-0.4, -0.2) is 32.5 Å². The minimum absolute atomic E-state index is 0.250. The van der Waals surface area contributed by atoms with Crippen LogP contribution in [0.4, 0.5) is 0 Å². The van der Waals surface area contributed by atoms with Crippen LogP contribution in [0.25, 0.3) is 0 Å². The molecule has 1 saturated heterocycles. The van der Waals surface area contributed by atoms with Crippen LogP contribution in [0.1, 0.15) is 49.8 Å². The van der Waals surface area contributed by atoms with Crippen molar-refractivity contribution < 1.29 is 14.6 Å². The molecule has 2 atom stereocenters. The summed E-state index contributed by atoms with van der Waals surface area (Å²) in [5.74, 6) is 2.48. The Bertz CT molecular complexity index is 448. The van der Waals surface area contributed by atoms with Crippen LogP contribution < -0.4 is 14.8 Å². The molecule has 118 valence electrons. The number of benzene rings is 1. The molecule has 1 aliphatic heterocycles. The molecule has 2 unspecified atom stereocenters. The smallest absolute Gasteiger partial charge is 0.126 e. The molecular formula is C17H27NO3. The molecule has 0 saturated carbocycles. The summed E-state index contributed by atoms with van der Waals surface area (Å²) in [4.78, 5) is 0. The third-order valence-corrected chi connectivity index (χ3v) is 4.32. The van der Waals surface area contributed by atoms with Crippen LogP contribution >= 0.6 is 0 Å². The van der Waals surface area contributed by atoms with E-state index in [2.05, 4.69) is 31.3 Å². The Morgan fingerprint density at radius 2 is 1.86 bits per heavy atom. The number of aliphatic hydroxyl groups excluding tert-OH is 1. The quantitative estimate of drug-likeness (QED) is 0.876. The number of hydrogen-bond acceptors (Lipinski definition) is 4. The van der Waals surface area contributed by atoms with Gasteiger partial charge in [0.25, 0.3) is 0 Å². The predicted octanol–water partition coefficient (Wildman–Crippen LogP) is 2.86. The summed E-state index contributed by atoms with van der Waals surface area (Å²) in [6.45, 7) is 5.48. The molecule has 1 heterocycles. The van der Waals surface area contributed by atoms with Gasteiger partial charge in [0.05, 0.1) is 14.2 Å². The van der Waals surface area contributed by atoms with Gasteiger partial charge in [-0.1, -0.05) is 13.8 Å². The fourth-order valence-corrected chi connectivity index (χ4v) is 3.15. The van der Waals surface area contributed by atoms with E-state index in [4.69, 9.17) is 9.47 Å². The largest absolute Gasteiger partial charge is 0.496 e. The highest BCUT2D eigenvalue weighted by atomic mass is 16.5. The first kappa shape index (κ1) is 16.1. The first-order valence-electron chi connectivity index (χ1n) is 7.70. The fraction of sp³-hybridized carbons (Fsp3) is 0.647. The molecule has 2 N–H and O–H groups in total. The van der Waals surface area contributed by atoms with E-state index in [1.165, 1.54) is 5.56 Å². The number of methoxy groups -OCH3 is 2. The SMILES string of the molecule is COc1cc(C2CC(CO)CCN2)cc(OC)c1C(C)C. The standard InChI is InChI=1S/C17H27NO3/c1-11(2)17-15(20-3)8-13(9-16(17)21-4)14-7-12(10-19)5-6-18-14/h8-9,11-12,14,18-19H,5-7,10H2,1-4H3. The summed E-state index contributed by atoms with van der Waals surface area (Å²) in [7, 11) is 3.41. The van der Waals surface area contributed by atoms with Gasteiger partial charge in [0.2, 0.25) is 0 Å². The Kier molecular flexibility index (Phi) is 5.48. The van der Waals surface area contributed by atoms with E-state index in [0.717, 1.165) is 36.4 Å². The zero-order valence-electron chi connectivity index (χ0n) is 13.5. The third-order valence-electron chi connectivity index (χ3n) is 4.32. The van der Waals surface area contributed by atoms with Crippen molar-refractivity contribution >= 4 is 0 Å². The van der Waals surface area contributed by atoms with Gasteiger partial charge in [-0.3, -0.25) is 0 Å². The number of nitrogens with one attached hydrogen (secondary N) is 1. The highest BCUT2D eigenvalue weighted by Gasteiger charge is 2.25. The zero-order chi connectivity index (χ0) is 15.4. The molecule has 0 bridgehead atoms. The molecule has 1 aromatic rings. The zero-order valence-corrected chi connectivity index (χ0v) is 13.5. The van der Waals surface area contributed by atoms with E-state index in [0.29, 0.717) is 11.8 Å². The first-order valence-corrected chi connectivity index (χ1v) is 7.70. The second-order valence-electron chi connectivity index (χ2n) is 6.07. The molecule has 4 heteroatoms. The molecule has 0 aliphatic carbocycles. The van der Waals surface area contributed by atoms with Crippen molar-refractivity contribution in [1.29, 1.82) is 0 Å². The number of rotatable bonds is 5. The van der Waals surface area contributed by atoms with Crippen molar-refractivity contribution in [2.75, 3.05) is 27.4 Å². The van der Waals surface area contributed by atoms with E-state index in [9.17, 15) is 5.11 Å². The van der Waals surface area contributed by atoms with E-state index in [1.54, 1.807) is 14.2 Å². The van der Waals surface area contributed by atoms with E-state index in [1.807, 2.05) is 0 Å². The van der Waals surface area contributed by atoms with E-state index >= 15 is 0 Å². The van der Waals surface area contributed by atoms with Crippen LogP contribution in [0.15, 0.2) is 12.1 Å². The second-order valence-corrected chi connectivity index (χ2v) is 6.07. The van der Waals surface area contributed by atoms with Crippen LogP contribution in [0, 0.1) is 5.92 Å². The van der Waals surface area contributed by atoms with Crippen LogP contribution in [0.2, 0.25) is 0 Å². The normalized spacial score (nSPS) is 22.4. The van der Waals surface area contributed by atoms with Crippen molar-refractivity contribution in [1.82, 2.24) is 5.32 Å². The number of piperidine rings is 1. The summed E-state index contributed by atoms with van der Waals surface area (Å²) < 4.78 is 11.2. The topological polar surface area (TPSA) is 50.7 Å². The highest BCUT2D eigenvalue weighted by molar-refractivity contribution is 5.50. The second kappa shape index (κ2) is 7.14. The Balaban J connectivity index is 2.36. The van der Waals surface area contributed by atoms with E-state index in [-0.39, 0.29) is 12.6 Å². The van der Waals surface area contributed by atoms with Crippen molar-refractivity contribution in [3.8, 4) is 11.5 Å². The van der Waals surface area contributed by atoms with Gasteiger partial charge >= 0.3 is 0 Å². The minimum Gasteiger partial charge on any atom is -0.496 e. The molecule has 0 radical (unpaired) electrons. The van der Waals surface area contributed by atoms with Crippen molar-refractivity contribution in [2.24, 2.45) is 5.92 Å². The Labute approximate surface area is 127 Å². The van der Waals surface area contributed by atoms with Crippen LogP contribution in [0.3, 0.4) is 0 Å². The maximum Gasteiger partial charge on any atom is 0.126 e. The van der Waals surface area contributed by atoms with Crippen molar-refractivity contribution in [2.45, 2.75) is 38.6 Å². The van der Waals surface area contributed by atoms with Crippen LogP contribution in [0.5, 0.6) is 11.5 Å². The predicted molar refractivity (Wildman–Crippen MR) is 84.2 cm³/mol. The van der Waals surface area contributed by atoms with Gasteiger partial charge in [0.1, 0.15) is 11.5 Å². The Hall–Kier alpha value is -1.26. The average molecular weight is 293 g/mol.